The van der Waals surface area contributed by atoms with Gasteiger partial charge in [-0.1, -0.05) is 0 Å². The maximum atomic E-state index is 11.3. The monoisotopic (exact) mass is 253 g/mol. The molecule has 0 saturated carbocycles. The Morgan fingerprint density at radius 3 is 3.05 bits per heavy atom. The van der Waals surface area contributed by atoms with Gasteiger partial charge in [0.1, 0.15) is 5.82 Å². The third-order valence-electron chi connectivity index (χ3n) is 2.78. The molecule has 19 heavy (non-hydrogen) atoms. The number of fused-ring (bicyclic) bond motifs is 1. The second-order valence-corrected chi connectivity index (χ2v) is 4.06. The number of carbonyl (C=O) groups excluding carboxylic acids is 1. The average Bonchev–Trinajstić information content (AvgIpc) is 2.86. The van der Waals surface area contributed by atoms with Crippen LogP contribution >= 0.6 is 0 Å². The lowest BCUT2D eigenvalue weighted by atomic mass is 10.2. The Morgan fingerprint density at radius 1 is 1.32 bits per heavy atom. The third-order valence-corrected chi connectivity index (χ3v) is 2.78. The number of amides is 1. The van der Waals surface area contributed by atoms with Crippen LogP contribution in [-0.2, 0) is 0 Å². The lowest BCUT2D eigenvalue weighted by molar-refractivity contribution is 0.100. The van der Waals surface area contributed by atoms with Gasteiger partial charge in [-0.25, -0.2) is 4.98 Å². The van der Waals surface area contributed by atoms with E-state index in [2.05, 4.69) is 20.5 Å². The van der Waals surface area contributed by atoms with Crippen LogP contribution < -0.4 is 11.1 Å². The van der Waals surface area contributed by atoms with Crippen LogP contribution in [0, 0.1) is 0 Å². The van der Waals surface area contributed by atoms with Gasteiger partial charge in [0.25, 0.3) is 5.91 Å². The number of hydrogen-bond acceptors (Lipinski definition) is 4. The van der Waals surface area contributed by atoms with E-state index in [0.717, 1.165) is 16.6 Å². The number of anilines is 2. The molecule has 6 heteroatoms. The third kappa shape index (κ3) is 2.11. The summed E-state index contributed by atoms with van der Waals surface area (Å²) in [7, 11) is 0. The van der Waals surface area contributed by atoms with Crippen molar-refractivity contribution in [2.45, 2.75) is 0 Å². The number of primary amides is 1. The maximum Gasteiger partial charge on any atom is 0.252 e. The molecule has 4 N–H and O–H groups in total. The predicted octanol–water partition coefficient (Wildman–Crippen LogP) is 1.80. The molecule has 1 aromatic carbocycles. The van der Waals surface area contributed by atoms with Crippen LogP contribution in [0.15, 0.2) is 42.7 Å². The van der Waals surface area contributed by atoms with E-state index >= 15 is 0 Å². The quantitative estimate of drug-likeness (QED) is 0.663. The maximum absolute atomic E-state index is 11.3. The van der Waals surface area contributed by atoms with E-state index in [1.165, 1.54) is 0 Å². The molecule has 2 heterocycles. The van der Waals surface area contributed by atoms with Crippen molar-refractivity contribution >= 4 is 28.3 Å². The second kappa shape index (κ2) is 4.41. The van der Waals surface area contributed by atoms with Crippen molar-refractivity contribution in [3.8, 4) is 0 Å². The molecular weight excluding hydrogens is 242 g/mol. The van der Waals surface area contributed by atoms with E-state index in [0.29, 0.717) is 11.4 Å². The Bertz CT molecular complexity index is 749. The molecule has 0 aliphatic heterocycles. The zero-order valence-electron chi connectivity index (χ0n) is 9.92. The lowest BCUT2D eigenvalue weighted by Gasteiger charge is -2.08. The molecule has 3 aromatic rings. The van der Waals surface area contributed by atoms with Gasteiger partial charge in [0.2, 0.25) is 0 Å². The predicted molar refractivity (Wildman–Crippen MR) is 72.1 cm³/mol. The highest BCUT2D eigenvalue weighted by atomic mass is 16.1. The highest BCUT2D eigenvalue weighted by Crippen LogP contribution is 2.21. The van der Waals surface area contributed by atoms with E-state index in [4.69, 9.17) is 5.73 Å². The molecular formula is C13H11N5O. The molecule has 0 bridgehead atoms. The van der Waals surface area contributed by atoms with Crippen LogP contribution in [0.3, 0.4) is 0 Å². The van der Waals surface area contributed by atoms with Gasteiger partial charge in [0.05, 0.1) is 17.3 Å². The van der Waals surface area contributed by atoms with E-state index in [1.807, 2.05) is 18.2 Å². The molecule has 3 rings (SSSR count). The Kier molecular flexibility index (Phi) is 2.60. The molecule has 0 radical (unpaired) electrons. The first-order valence-electron chi connectivity index (χ1n) is 5.69. The molecule has 6 nitrogen and oxygen atoms in total. The summed E-state index contributed by atoms with van der Waals surface area (Å²) < 4.78 is 0. The van der Waals surface area contributed by atoms with Gasteiger partial charge in [-0.2, -0.15) is 5.10 Å². The van der Waals surface area contributed by atoms with Crippen molar-refractivity contribution in [1.29, 1.82) is 0 Å². The van der Waals surface area contributed by atoms with Crippen molar-refractivity contribution < 1.29 is 4.79 Å². The largest absolute Gasteiger partial charge is 0.365 e. The SMILES string of the molecule is NC(=O)c1cccnc1Nc1ccc2cn[nH]c2c1. The van der Waals surface area contributed by atoms with Gasteiger partial charge in [0.15, 0.2) is 0 Å². The van der Waals surface area contributed by atoms with E-state index < -0.39 is 5.91 Å². The van der Waals surface area contributed by atoms with Crippen LogP contribution in [0.5, 0.6) is 0 Å². The topological polar surface area (TPSA) is 96.7 Å². The summed E-state index contributed by atoms with van der Waals surface area (Å²) in [5, 5.41) is 10.9. The molecule has 1 amide bonds. The van der Waals surface area contributed by atoms with Crippen LogP contribution in [0.25, 0.3) is 10.9 Å². The Hall–Kier alpha value is -2.89. The number of rotatable bonds is 3. The van der Waals surface area contributed by atoms with Crippen LogP contribution in [0.2, 0.25) is 0 Å². The number of nitrogens with two attached hydrogens (primary N) is 1. The van der Waals surface area contributed by atoms with Gasteiger partial charge in [0, 0.05) is 17.3 Å². The fourth-order valence-electron chi connectivity index (χ4n) is 1.86. The van der Waals surface area contributed by atoms with Gasteiger partial charge in [-0.05, 0) is 30.3 Å². The fourth-order valence-corrected chi connectivity index (χ4v) is 1.86. The molecule has 0 atom stereocenters. The summed E-state index contributed by atoms with van der Waals surface area (Å²) in [5.74, 6) is -0.0768. The smallest absolute Gasteiger partial charge is 0.252 e. The minimum atomic E-state index is -0.516. The molecule has 0 fully saturated rings. The van der Waals surface area contributed by atoms with Crippen molar-refractivity contribution in [3.05, 3.63) is 48.3 Å². The molecule has 0 spiro atoms. The van der Waals surface area contributed by atoms with Crippen molar-refractivity contribution in [1.82, 2.24) is 15.2 Å². The van der Waals surface area contributed by atoms with Gasteiger partial charge >= 0.3 is 0 Å². The molecule has 0 unspecified atom stereocenters. The number of aromatic amines is 1. The summed E-state index contributed by atoms with van der Waals surface area (Å²) >= 11 is 0. The Morgan fingerprint density at radius 2 is 2.21 bits per heavy atom. The number of nitrogens with one attached hydrogen (secondary N) is 2. The second-order valence-electron chi connectivity index (χ2n) is 4.06. The number of benzene rings is 1. The minimum absolute atomic E-state index is 0.354. The summed E-state index contributed by atoms with van der Waals surface area (Å²) in [4.78, 5) is 15.4. The molecule has 0 aliphatic carbocycles. The summed E-state index contributed by atoms with van der Waals surface area (Å²) in [6.45, 7) is 0. The first-order chi connectivity index (χ1) is 9.24. The summed E-state index contributed by atoms with van der Waals surface area (Å²) in [6, 6.07) is 9.00. The van der Waals surface area contributed by atoms with Crippen LogP contribution in [0.4, 0.5) is 11.5 Å². The normalized spacial score (nSPS) is 10.5. The lowest BCUT2D eigenvalue weighted by Crippen LogP contribution is -2.14. The van der Waals surface area contributed by atoms with Gasteiger partial charge in [-0.3, -0.25) is 9.89 Å². The molecule has 94 valence electrons. The number of nitrogens with zero attached hydrogens (tertiary/aromatic N) is 2. The highest BCUT2D eigenvalue weighted by molar-refractivity contribution is 5.98. The number of H-pyrrole nitrogens is 1. The molecule has 0 aliphatic rings. The van der Waals surface area contributed by atoms with Crippen LogP contribution in [0.1, 0.15) is 10.4 Å². The first kappa shape index (κ1) is 11.2. The van der Waals surface area contributed by atoms with Gasteiger partial charge < -0.3 is 11.1 Å². The number of carbonyl (C=O) groups is 1. The van der Waals surface area contributed by atoms with Crippen molar-refractivity contribution in [2.24, 2.45) is 5.73 Å². The van der Waals surface area contributed by atoms with Crippen molar-refractivity contribution in [3.63, 3.8) is 0 Å². The zero-order chi connectivity index (χ0) is 13.2. The number of pyridine rings is 1. The number of aromatic nitrogens is 3. The van der Waals surface area contributed by atoms with Crippen LogP contribution in [-0.4, -0.2) is 21.1 Å². The van der Waals surface area contributed by atoms with Crippen molar-refractivity contribution in [2.75, 3.05) is 5.32 Å². The van der Waals surface area contributed by atoms with E-state index in [9.17, 15) is 4.79 Å². The van der Waals surface area contributed by atoms with E-state index in [-0.39, 0.29) is 0 Å². The van der Waals surface area contributed by atoms with E-state index in [1.54, 1.807) is 24.5 Å². The minimum Gasteiger partial charge on any atom is -0.365 e. The summed E-state index contributed by atoms with van der Waals surface area (Å²) in [6.07, 6.45) is 3.35. The highest BCUT2D eigenvalue weighted by Gasteiger charge is 2.09. The first-order valence-corrected chi connectivity index (χ1v) is 5.69. The van der Waals surface area contributed by atoms with Gasteiger partial charge in [-0.15, -0.1) is 0 Å². The summed E-state index contributed by atoms with van der Waals surface area (Å²) in [5.41, 5.74) is 7.37. The fraction of sp³-hybridized carbons (Fsp3) is 0. The number of hydrogen-bond donors (Lipinski definition) is 3. The standard InChI is InChI=1S/C13H11N5O/c14-12(19)10-2-1-5-15-13(10)17-9-4-3-8-7-16-18-11(8)6-9/h1-7H,(H2,14,19)(H,15,17)(H,16,18). The zero-order valence-corrected chi connectivity index (χ0v) is 9.92. The Labute approximate surface area is 108 Å². The molecule has 2 aromatic heterocycles. The molecule has 0 saturated heterocycles. The average molecular weight is 253 g/mol. The Balaban J connectivity index is 1.98.